The molecule has 2 N–H and O–H groups in total. The predicted octanol–water partition coefficient (Wildman–Crippen LogP) is 4.09. The second kappa shape index (κ2) is 7.80. The maximum atomic E-state index is 10.1. The van der Waals surface area contributed by atoms with E-state index >= 15 is 0 Å². The van der Waals surface area contributed by atoms with Crippen LogP contribution in [0, 0.1) is 5.41 Å². The van der Waals surface area contributed by atoms with Crippen LogP contribution in [0.5, 0.6) is 0 Å². The first-order chi connectivity index (χ1) is 9.35. The highest BCUT2D eigenvalue weighted by Gasteiger charge is 2.18. The summed E-state index contributed by atoms with van der Waals surface area (Å²) in [5, 5.41) is 13.6. The van der Waals surface area contributed by atoms with E-state index in [1.807, 2.05) is 0 Å². The fourth-order valence-electron chi connectivity index (χ4n) is 2.54. The minimum absolute atomic E-state index is 0.172. The number of nitrogens with one attached hydrogen (secondary N) is 1. The van der Waals surface area contributed by atoms with Gasteiger partial charge in [-0.3, -0.25) is 0 Å². The lowest BCUT2D eigenvalue weighted by atomic mass is 9.89. The standard InChI is InChI=1S/C18H31NO/c1-6-14-8-10-15(11-9-14)17(7-2)19-13-16(20)12-18(3,4)5/h8-11,16-17,19-20H,6-7,12-13H2,1-5H3. The average molecular weight is 277 g/mol. The largest absolute Gasteiger partial charge is 0.392 e. The lowest BCUT2D eigenvalue weighted by Gasteiger charge is -2.25. The molecule has 2 heteroatoms. The molecule has 20 heavy (non-hydrogen) atoms. The van der Waals surface area contributed by atoms with Crippen LogP contribution in [0.3, 0.4) is 0 Å². The number of rotatable bonds is 7. The molecular weight excluding hydrogens is 246 g/mol. The Bertz CT molecular complexity index is 377. The molecular formula is C18H31NO. The van der Waals surface area contributed by atoms with Crippen molar-refractivity contribution in [2.45, 2.75) is 66.0 Å². The Balaban J connectivity index is 2.54. The molecule has 114 valence electrons. The Labute approximate surface area is 124 Å². The first-order valence-electron chi connectivity index (χ1n) is 7.86. The van der Waals surface area contributed by atoms with E-state index in [2.05, 4.69) is 64.2 Å². The van der Waals surface area contributed by atoms with Gasteiger partial charge in [0.15, 0.2) is 0 Å². The van der Waals surface area contributed by atoms with Crippen molar-refractivity contribution >= 4 is 0 Å². The molecule has 0 saturated carbocycles. The molecule has 0 aliphatic carbocycles. The average Bonchev–Trinajstić information content (AvgIpc) is 2.38. The van der Waals surface area contributed by atoms with E-state index in [0.29, 0.717) is 12.6 Å². The summed E-state index contributed by atoms with van der Waals surface area (Å²) in [4.78, 5) is 0. The number of aliphatic hydroxyl groups is 1. The van der Waals surface area contributed by atoms with Crippen LogP contribution in [0.4, 0.5) is 0 Å². The van der Waals surface area contributed by atoms with Gasteiger partial charge in [0, 0.05) is 12.6 Å². The number of hydrogen-bond donors (Lipinski definition) is 2. The molecule has 0 spiro atoms. The lowest BCUT2D eigenvalue weighted by Crippen LogP contribution is -2.32. The molecule has 1 aromatic rings. The molecule has 0 saturated heterocycles. The van der Waals surface area contributed by atoms with Crippen molar-refractivity contribution in [2.24, 2.45) is 5.41 Å². The Kier molecular flexibility index (Phi) is 6.70. The molecule has 2 unspecified atom stereocenters. The predicted molar refractivity (Wildman–Crippen MR) is 86.9 cm³/mol. The summed E-state index contributed by atoms with van der Waals surface area (Å²) in [5.74, 6) is 0. The van der Waals surface area contributed by atoms with Crippen LogP contribution in [-0.4, -0.2) is 17.8 Å². The van der Waals surface area contributed by atoms with E-state index in [1.165, 1.54) is 11.1 Å². The molecule has 0 heterocycles. The third-order valence-corrected chi connectivity index (χ3v) is 3.65. The highest BCUT2D eigenvalue weighted by molar-refractivity contribution is 5.25. The van der Waals surface area contributed by atoms with Crippen molar-refractivity contribution in [2.75, 3.05) is 6.54 Å². The molecule has 2 atom stereocenters. The van der Waals surface area contributed by atoms with Crippen LogP contribution in [0.25, 0.3) is 0 Å². The van der Waals surface area contributed by atoms with Gasteiger partial charge < -0.3 is 10.4 Å². The van der Waals surface area contributed by atoms with Crippen LogP contribution in [0.1, 0.15) is 64.6 Å². The van der Waals surface area contributed by atoms with E-state index in [9.17, 15) is 5.11 Å². The zero-order valence-electron chi connectivity index (χ0n) is 13.7. The van der Waals surface area contributed by atoms with Crippen LogP contribution in [0.2, 0.25) is 0 Å². The fourth-order valence-corrected chi connectivity index (χ4v) is 2.54. The molecule has 0 amide bonds. The fraction of sp³-hybridized carbons (Fsp3) is 0.667. The molecule has 1 rings (SSSR count). The summed E-state index contributed by atoms with van der Waals surface area (Å²) in [6, 6.07) is 9.14. The minimum atomic E-state index is -0.279. The van der Waals surface area contributed by atoms with Gasteiger partial charge >= 0.3 is 0 Å². The minimum Gasteiger partial charge on any atom is -0.392 e. The summed E-state index contributed by atoms with van der Waals surface area (Å²) >= 11 is 0. The van der Waals surface area contributed by atoms with E-state index in [-0.39, 0.29) is 11.5 Å². The molecule has 0 aromatic heterocycles. The number of benzene rings is 1. The first-order valence-corrected chi connectivity index (χ1v) is 7.86. The van der Waals surface area contributed by atoms with Crippen LogP contribution < -0.4 is 5.32 Å². The third kappa shape index (κ3) is 6.06. The molecule has 1 aromatic carbocycles. The van der Waals surface area contributed by atoms with Gasteiger partial charge in [0.1, 0.15) is 0 Å². The van der Waals surface area contributed by atoms with Gasteiger partial charge in [-0.2, -0.15) is 0 Å². The maximum absolute atomic E-state index is 10.1. The Morgan fingerprint density at radius 3 is 2.15 bits per heavy atom. The van der Waals surface area contributed by atoms with Crippen molar-refractivity contribution < 1.29 is 5.11 Å². The molecule has 0 aliphatic heterocycles. The topological polar surface area (TPSA) is 32.3 Å². The summed E-state index contributed by atoms with van der Waals surface area (Å²) < 4.78 is 0. The van der Waals surface area contributed by atoms with Gasteiger partial charge in [-0.25, -0.2) is 0 Å². The smallest absolute Gasteiger partial charge is 0.0669 e. The third-order valence-electron chi connectivity index (χ3n) is 3.65. The quantitative estimate of drug-likeness (QED) is 0.787. The highest BCUT2D eigenvalue weighted by atomic mass is 16.3. The summed E-state index contributed by atoms with van der Waals surface area (Å²) in [6.45, 7) is 11.5. The van der Waals surface area contributed by atoms with Gasteiger partial charge in [-0.1, -0.05) is 58.9 Å². The number of aliphatic hydroxyl groups excluding tert-OH is 1. The van der Waals surface area contributed by atoms with Crippen molar-refractivity contribution in [3.63, 3.8) is 0 Å². The highest BCUT2D eigenvalue weighted by Crippen LogP contribution is 2.22. The summed E-state index contributed by atoms with van der Waals surface area (Å²) in [6.07, 6.45) is 2.66. The maximum Gasteiger partial charge on any atom is 0.0669 e. The Hall–Kier alpha value is -0.860. The van der Waals surface area contributed by atoms with Crippen molar-refractivity contribution in [1.82, 2.24) is 5.32 Å². The van der Waals surface area contributed by atoms with Gasteiger partial charge in [0.25, 0.3) is 0 Å². The zero-order chi connectivity index (χ0) is 15.2. The first kappa shape index (κ1) is 17.2. The molecule has 0 fully saturated rings. The van der Waals surface area contributed by atoms with E-state index < -0.39 is 0 Å². The summed E-state index contributed by atoms with van der Waals surface area (Å²) in [7, 11) is 0. The molecule has 2 nitrogen and oxygen atoms in total. The second-order valence-corrected chi connectivity index (χ2v) is 6.88. The SMILES string of the molecule is CCc1ccc(C(CC)NCC(O)CC(C)(C)C)cc1. The second-order valence-electron chi connectivity index (χ2n) is 6.88. The van der Waals surface area contributed by atoms with E-state index in [1.54, 1.807) is 0 Å². The number of hydrogen-bond acceptors (Lipinski definition) is 2. The molecule has 0 radical (unpaired) electrons. The Morgan fingerprint density at radius 2 is 1.70 bits per heavy atom. The molecule has 0 bridgehead atoms. The van der Waals surface area contributed by atoms with Gasteiger partial charge in [-0.15, -0.1) is 0 Å². The van der Waals surface area contributed by atoms with Crippen molar-refractivity contribution in [1.29, 1.82) is 0 Å². The summed E-state index contributed by atoms with van der Waals surface area (Å²) in [5.41, 5.74) is 2.86. The van der Waals surface area contributed by atoms with Crippen LogP contribution in [-0.2, 0) is 6.42 Å². The Morgan fingerprint density at radius 1 is 1.10 bits per heavy atom. The van der Waals surface area contributed by atoms with E-state index in [4.69, 9.17) is 0 Å². The van der Waals surface area contributed by atoms with Crippen molar-refractivity contribution in [3.8, 4) is 0 Å². The van der Waals surface area contributed by atoms with Gasteiger partial charge in [0.2, 0.25) is 0 Å². The van der Waals surface area contributed by atoms with E-state index in [0.717, 1.165) is 19.3 Å². The monoisotopic (exact) mass is 277 g/mol. The zero-order valence-corrected chi connectivity index (χ0v) is 13.7. The van der Waals surface area contributed by atoms with Crippen molar-refractivity contribution in [3.05, 3.63) is 35.4 Å². The molecule has 0 aliphatic rings. The van der Waals surface area contributed by atoms with Crippen LogP contribution in [0.15, 0.2) is 24.3 Å². The lowest BCUT2D eigenvalue weighted by molar-refractivity contribution is 0.116. The normalized spacial score (nSPS) is 15.1. The van der Waals surface area contributed by atoms with Crippen LogP contribution >= 0.6 is 0 Å². The van der Waals surface area contributed by atoms with Gasteiger partial charge in [0.05, 0.1) is 6.10 Å². The number of aryl methyl sites for hydroxylation is 1. The van der Waals surface area contributed by atoms with Gasteiger partial charge in [-0.05, 0) is 35.8 Å².